The van der Waals surface area contributed by atoms with Crippen molar-refractivity contribution >= 4 is 21.8 Å². The molecule has 170 valence electrons. The molecule has 6 heteroatoms. The van der Waals surface area contributed by atoms with E-state index in [9.17, 15) is 13.2 Å². The molecule has 0 spiro atoms. The fourth-order valence-electron chi connectivity index (χ4n) is 4.09. The second-order valence-corrected chi connectivity index (χ2v) is 10.3. The summed E-state index contributed by atoms with van der Waals surface area (Å²) in [5.41, 5.74) is 3.44. The lowest BCUT2D eigenvalue weighted by Crippen LogP contribution is -2.51. The van der Waals surface area contributed by atoms with Gasteiger partial charge in [0.2, 0.25) is 5.91 Å². The number of aryl methyl sites for hydroxylation is 1. The van der Waals surface area contributed by atoms with E-state index in [1.165, 1.54) is 0 Å². The van der Waals surface area contributed by atoms with E-state index in [1.807, 2.05) is 73.7 Å². The molecule has 0 unspecified atom stereocenters. The van der Waals surface area contributed by atoms with E-state index in [0.29, 0.717) is 5.70 Å². The highest BCUT2D eigenvalue weighted by molar-refractivity contribution is 7.92. The van der Waals surface area contributed by atoms with E-state index in [0.717, 1.165) is 16.7 Å². The monoisotopic (exact) mass is 461 g/mol. The Morgan fingerprint density at radius 1 is 0.939 bits per heavy atom. The maximum absolute atomic E-state index is 13.7. The lowest BCUT2D eigenvalue weighted by Gasteiger charge is -2.39. The van der Waals surface area contributed by atoms with Crippen LogP contribution in [0.1, 0.15) is 23.1 Å². The Hall–Kier alpha value is -3.22. The Bertz CT molecular complexity index is 1240. The Morgan fingerprint density at radius 2 is 1.55 bits per heavy atom. The summed E-state index contributed by atoms with van der Waals surface area (Å²) in [5.74, 6) is -0.435. The van der Waals surface area contributed by atoms with Gasteiger partial charge in [-0.3, -0.25) is 4.79 Å². The van der Waals surface area contributed by atoms with Crippen molar-refractivity contribution in [2.24, 2.45) is 0 Å². The van der Waals surface area contributed by atoms with E-state index in [2.05, 4.69) is 0 Å². The van der Waals surface area contributed by atoms with Gasteiger partial charge in [-0.1, -0.05) is 78.4 Å². The van der Waals surface area contributed by atoms with E-state index in [4.69, 9.17) is 4.74 Å². The predicted octanol–water partition coefficient (Wildman–Crippen LogP) is 4.63. The summed E-state index contributed by atoms with van der Waals surface area (Å²) in [4.78, 5) is 15.4. The number of hydrogen-bond acceptors (Lipinski definition) is 4. The van der Waals surface area contributed by atoms with Gasteiger partial charge in [0.1, 0.15) is 5.25 Å². The normalized spacial score (nSPS) is 20.2. The summed E-state index contributed by atoms with van der Waals surface area (Å²) in [5, 5.41) is -1.22. The summed E-state index contributed by atoms with van der Waals surface area (Å²) < 4.78 is 32.8. The number of methoxy groups -OCH3 is 1. The summed E-state index contributed by atoms with van der Waals surface area (Å²) >= 11 is 0. The van der Waals surface area contributed by atoms with Crippen molar-refractivity contribution in [3.63, 3.8) is 0 Å². The van der Waals surface area contributed by atoms with Gasteiger partial charge < -0.3 is 9.64 Å². The zero-order chi connectivity index (χ0) is 23.4. The number of amides is 1. The first-order chi connectivity index (χ1) is 15.9. The van der Waals surface area contributed by atoms with Crippen LogP contribution in [0.5, 0.6) is 0 Å². The van der Waals surface area contributed by atoms with Crippen LogP contribution in [0, 0.1) is 6.92 Å². The molecule has 1 fully saturated rings. The first-order valence-electron chi connectivity index (χ1n) is 10.9. The zero-order valence-electron chi connectivity index (χ0n) is 18.7. The highest BCUT2D eigenvalue weighted by atomic mass is 32.2. The molecule has 0 aromatic heterocycles. The first-order valence-corrected chi connectivity index (χ1v) is 12.4. The van der Waals surface area contributed by atoms with Crippen LogP contribution in [0.15, 0.2) is 95.5 Å². The average molecular weight is 462 g/mol. The molecule has 5 nitrogen and oxygen atoms in total. The molecular formula is C27H27NO4S. The average Bonchev–Trinajstić information content (AvgIpc) is 2.83. The molecule has 0 N–H and O–H groups in total. The van der Waals surface area contributed by atoms with E-state index in [-0.39, 0.29) is 17.9 Å². The minimum Gasteiger partial charge on any atom is -0.375 e. The van der Waals surface area contributed by atoms with Crippen molar-refractivity contribution in [1.29, 1.82) is 0 Å². The van der Waals surface area contributed by atoms with Crippen molar-refractivity contribution in [2.75, 3.05) is 7.11 Å². The smallest absolute Gasteiger partial charge is 0.245 e. The molecule has 0 bridgehead atoms. The molecule has 1 saturated heterocycles. The molecule has 1 aliphatic heterocycles. The van der Waals surface area contributed by atoms with Crippen LogP contribution in [0.2, 0.25) is 0 Å². The van der Waals surface area contributed by atoms with Gasteiger partial charge in [-0.05, 0) is 36.3 Å². The maximum atomic E-state index is 13.7. The molecule has 1 amide bonds. The topological polar surface area (TPSA) is 63.7 Å². The fraction of sp³-hybridized carbons (Fsp3) is 0.222. The minimum atomic E-state index is -3.89. The van der Waals surface area contributed by atoms with E-state index in [1.54, 1.807) is 36.3 Å². The number of sulfone groups is 1. The number of likely N-dealkylation sites (tertiary alicyclic amines) is 1. The van der Waals surface area contributed by atoms with Crippen LogP contribution in [-0.4, -0.2) is 37.7 Å². The standard InChI is InChI=1S/C27H27NO4S/c1-20-13-15-23(16-14-20)33(30,31)26-18-25(32-2)24(17-21-9-5-3-6-10-21)28(27(26)29)19-22-11-7-4-8-12-22/h3-17,25-26H,18-19H2,1-2H3/b24-17+/t25-,26-/m0/s1. The van der Waals surface area contributed by atoms with Gasteiger partial charge in [-0.25, -0.2) is 8.42 Å². The lowest BCUT2D eigenvalue weighted by atomic mass is 9.99. The first kappa shape index (κ1) is 23.0. The second-order valence-electron chi connectivity index (χ2n) is 8.20. The van der Waals surface area contributed by atoms with Gasteiger partial charge in [-0.2, -0.15) is 0 Å². The van der Waals surface area contributed by atoms with Crippen molar-refractivity contribution < 1.29 is 17.9 Å². The van der Waals surface area contributed by atoms with Gasteiger partial charge in [0.25, 0.3) is 0 Å². The van der Waals surface area contributed by atoms with Gasteiger partial charge >= 0.3 is 0 Å². The van der Waals surface area contributed by atoms with Crippen LogP contribution in [0.3, 0.4) is 0 Å². The third-order valence-electron chi connectivity index (χ3n) is 5.92. The highest BCUT2D eigenvalue weighted by Gasteiger charge is 2.45. The van der Waals surface area contributed by atoms with Crippen molar-refractivity contribution in [1.82, 2.24) is 4.90 Å². The number of rotatable bonds is 6. The molecule has 4 rings (SSSR count). The molecule has 2 atom stereocenters. The summed E-state index contributed by atoms with van der Waals surface area (Å²) in [7, 11) is -2.34. The number of carbonyl (C=O) groups is 1. The van der Waals surface area contributed by atoms with Crippen molar-refractivity contribution in [3.05, 3.63) is 107 Å². The van der Waals surface area contributed by atoms with Crippen LogP contribution in [-0.2, 0) is 25.9 Å². The molecule has 1 heterocycles. The Morgan fingerprint density at radius 3 is 2.15 bits per heavy atom. The highest BCUT2D eigenvalue weighted by Crippen LogP contribution is 2.34. The van der Waals surface area contributed by atoms with Gasteiger partial charge in [0, 0.05) is 13.5 Å². The van der Waals surface area contributed by atoms with E-state index < -0.39 is 27.1 Å². The minimum absolute atomic E-state index is 0.0650. The third-order valence-corrected chi connectivity index (χ3v) is 7.99. The molecule has 3 aromatic rings. The number of ether oxygens (including phenoxy) is 1. The second kappa shape index (κ2) is 9.73. The quantitative estimate of drug-likeness (QED) is 0.537. The number of carbonyl (C=O) groups excluding carboxylic acids is 1. The molecular weight excluding hydrogens is 434 g/mol. The Kier molecular flexibility index (Phi) is 6.77. The molecule has 1 aliphatic rings. The summed E-state index contributed by atoms with van der Waals surface area (Å²) in [6, 6.07) is 25.8. The fourth-order valence-corrected chi connectivity index (χ4v) is 5.75. The molecule has 0 saturated carbocycles. The Labute approximate surface area is 195 Å². The van der Waals surface area contributed by atoms with Crippen LogP contribution in [0.25, 0.3) is 6.08 Å². The van der Waals surface area contributed by atoms with E-state index >= 15 is 0 Å². The largest absolute Gasteiger partial charge is 0.375 e. The number of piperidine rings is 1. The van der Waals surface area contributed by atoms with Crippen molar-refractivity contribution in [2.45, 2.75) is 36.1 Å². The third kappa shape index (κ3) is 4.92. The van der Waals surface area contributed by atoms with Crippen LogP contribution >= 0.6 is 0 Å². The number of nitrogens with zero attached hydrogens (tertiary/aromatic N) is 1. The Balaban J connectivity index is 1.78. The number of benzene rings is 3. The van der Waals surface area contributed by atoms with Crippen LogP contribution < -0.4 is 0 Å². The molecule has 0 radical (unpaired) electrons. The molecule has 0 aliphatic carbocycles. The SMILES string of the molecule is CO[C@H]1C[C@H](S(=O)(=O)c2ccc(C)cc2)C(=O)N(Cc2ccccc2)/C1=C/c1ccccc1. The van der Waals surface area contributed by atoms with Gasteiger partial charge in [-0.15, -0.1) is 0 Å². The van der Waals surface area contributed by atoms with Gasteiger partial charge in [0.05, 0.1) is 23.2 Å². The summed E-state index contributed by atoms with van der Waals surface area (Å²) in [6.07, 6.45) is 1.43. The van der Waals surface area contributed by atoms with Gasteiger partial charge in [0.15, 0.2) is 9.84 Å². The molecule has 33 heavy (non-hydrogen) atoms. The number of hydrogen-bond donors (Lipinski definition) is 0. The van der Waals surface area contributed by atoms with Crippen molar-refractivity contribution in [3.8, 4) is 0 Å². The lowest BCUT2D eigenvalue weighted by molar-refractivity contribution is -0.133. The summed E-state index contributed by atoms with van der Waals surface area (Å²) in [6.45, 7) is 2.16. The maximum Gasteiger partial charge on any atom is 0.245 e. The zero-order valence-corrected chi connectivity index (χ0v) is 19.5. The van der Waals surface area contributed by atoms with Crippen LogP contribution in [0.4, 0.5) is 0 Å². The predicted molar refractivity (Wildman–Crippen MR) is 129 cm³/mol. The molecule has 3 aromatic carbocycles.